The van der Waals surface area contributed by atoms with Crippen LogP contribution in [0.5, 0.6) is 0 Å². The molecular weight excluding hydrogens is 273 g/mol. The summed E-state index contributed by atoms with van der Waals surface area (Å²) >= 11 is 2.44. The third-order valence-electron chi connectivity index (χ3n) is 2.99. The Bertz CT molecular complexity index is 265. The van der Waals surface area contributed by atoms with Gasteiger partial charge in [0.1, 0.15) is 0 Å². The summed E-state index contributed by atoms with van der Waals surface area (Å²) in [6.07, 6.45) is 7.43. The molecule has 0 spiro atoms. The highest BCUT2D eigenvalue weighted by molar-refractivity contribution is 14.1. The summed E-state index contributed by atoms with van der Waals surface area (Å²) in [6.45, 7) is 5.78. The van der Waals surface area contributed by atoms with Crippen LogP contribution >= 0.6 is 22.9 Å². The van der Waals surface area contributed by atoms with Crippen molar-refractivity contribution in [2.24, 2.45) is 11.8 Å². The standard InChI is InChI=1S/C11H16IN/c1-8(2)10-4-3-9-5-6-13(12)11(9)7-10/h4,7-9H,3,5-6H2,1-2H3/t9-/m0/s1. The monoisotopic (exact) mass is 289 g/mol. The molecule has 0 saturated carbocycles. The van der Waals surface area contributed by atoms with Crippen LogP contribution in [-0.4, -0.2) is 9.66 Å². The van der Waals surface area contributed by atoms with E-state index >= 15 is 0 Å². The molecule has 0 aromatic rings. The minimum Gasteiger partial charge on any atom is -0.318 e. The molecule has 0 N–H and O–H groups in total. The molecule has 1 aliphatic heterocycles. The Labute approximate surface area is 94.4 Å². The molecule has 1 heterocycles. The second-order valence-corrected chi connectivity index (χ2v) is 5.40. The van der Waals surface area contributed by atoms with Gasteiger partial charge in [0, 0.05) is 18.2 Å². The molecule has 1 aliphatic carbocycles. The molecule has 0 aromatic heterocycles. The van der Waals surface area contributed by atoms with Crippen molar-refractivity contribution >= 4 is 22.9 Å². The lowest BCUT2D eigenvalue weighted by atomic mass is 9.89. The van der Waals surface area contributed by atoms with E-state index < -0.39 is 0 Å². The van der Waals surface area contributed by atoms with E-state index in [4.69, 9.17) is 0 Å². The first-order valence-electron chi connectivity index (χ1n) is 5.03. The highest BCUT2D eigenvalue weighted by atomic mass is 127. The molecule has 0 bridgehead atoms. The normalized spacial score (nSPS) is 27.4. The Morgan fingerprint density at radius 2 is 2.31 bits per heavy atom. The van der Waals surface area contributed by atoms with Gasteiger partial charge in [-0.15, -0.1) is 0 Å². The van der Waals surface area contributed by atoms with Crippen molar-refractivity contribution in [3.63, 3.8) is 0 Å². The lowest BCUT2D eigenvalue weighted by Crippen LogP contribution is -2.10. The summed E-state index contributed by atoms with van der Waals surface area (Å²) in [5.41, 5.74) is 3.08. The largest absolute Gasteiger partial charge is 0.318 e. The zero-order chi connectivity index (χ0) is 9.42. The minimum absolute atomic E-state index is 0.679. The molecule has 13 heavy (non-hydrogen) atoms. The van der Waals surface area contributed by atoms with E-state index in [0.29, 0.717) is 5.92 Å². The van der Waals surface area contributed by atoms with Gasteiger partial charge in [-0.3, -0.25) is 0 Å². The van der Waals surface area contributed by atoms with Crippen LogP contribution in [0.15, 0.2) is 23.4 Å². The molecule has 2 aliphatic rings. The van der Waals surface area contributed by atoms with Gasteiger partial charge in [0.25, 0.3) is 0 Å². The van der Waals surface area contributed by atoms with Crippen LogP contribution in [0, 0.1) is 11.8 Å². The van der Waals surface area contributed by atoms with E-state index in [9.17, 15) is 0 Å². The summed E-state index contributed by atoms with van der Waals surface area (Å²) in [4.78, 5) is 0. The predicted molar refractivity (Wildman–Crippen MR) is 64.5 cm³/mol. The summed E-state index contributed by atoms with van der Waals surface area (Å²) in [7, 11) is 0. The van der Waals surface area contributed by atoms with Crippen molar-refractivity contribution in [3.8, 4) is 0 Å². The average Bonchev–Trinajstić information content (AvgIpc) is 2.47. The Balaban J connectivity index is 2.22. The van der Waals surface area contributed by atoms with E-state index in [1.807, 2.05) is 0 Å². The van der Waals surface area contributed by atoms with Gasteiger partial charge in [0.05, 0.1) is 22.9 Å². The number of fused-ring (bicyclic) bond motifs is 1. The number of rotatable bonds is 1. The molecular formula is C11H16IN. The summed E-state index contributed by atoms with van der Waals surface area (Å²) in [5, 5.41) is 0. The fourth-order valence-corrected chi connectivity index (χ4v) is 2.89. The van der Waals surface area contributed by atoms with Crippen molar-refractivity contribution in [2.75, 3.05) is 6.54 Å². The van der Waals surface area contributed by atoms with Gasteiger partial charge < -0.3 is 3.11 Å². The fraction of sp³-hybridized carbons (Fsp3) is 0.636. The van der Waals surface area contributed by atoms with Crippen molar-refractivity contribution in [2.45, 2.75) is 26.7 Å². The van der Waals surface area contributed by atoms with E-state index in [1.54, 1.807) is 5.70 Å². The topological polar surface area (TPSA) is 3.24 Å². The molecule has 0 unspecified atom stereocenters. The number of hydrogen-bond donors (Lipinski definition) is 0. The lowest BCUT2D eigenvalue weighted by Gasteiger charge is -2.21. The van der Waals surface area contributed by atoms with E-state index in [2.05, 4.69) is 52.0 Å². The maximum Gasteiger partial charge on any atom is 0.0588 e. The quantitative estimate of drug-likeness (QED) is 0.527. The molecule has 0 amide bonds. The molecule has 0 aromatic carbocycles. The zero-order valence-electron chi connectivity index (χ0n) is 8.26. The van der Waals surface area contributed by atoms with Crippen LogP contribution in [0.3, 0.4) is 0 Å². The van der Waals surface area contributed by atoms with Crippen molar-refractivity contribution in [3.05, 3.63) is 23.4 Å². The first-order chi connectivity index (χ1) is 6.18. The van der Waals surface area contributed by atoms with Crippen molar-refractivity contribution < 1.29 is 0 Å². The highest BCUT2D eigenvalue weighted by Gasteiger charge is 2.28. The Morgan fingerprint density at radius 3 is 3.00 bits per heavy atom. The maximum atomic E-state index is 2.44. The number of allylic oxidation sites excluding steroid dienone is 4. The van der Waals surface area contributed by atoms with Gasteiger partial charge in [0.2, 0.25) is 0 Å². The third kappa shape index (κ3) is 1.78. The van der Waals surface area contributed by atoms with E-state index in [0.717, 1.165) is 5.92 Å². The van der Waals surface area contributed by atoms with Crippen LogP contribution in [-0.2, 0) is 0 Å². The zero-order valence-corrected chi connectivity index (χ0v) is 10.4. The number of hydrogen-bond acceptors (Lipinski definition) is 1. The van der Waals surface area contributed by atoms with Gasteiger partial charge in [0.15, 0.2) is 0 Å². The predicted octanol–water partition coefficient (Wildman–Crippen LogP) is 3.53. The second-order valence-electron chi connectivity index (χ2n) is 4.24. The smallest absolute Gasteiger partial charge is 0.0588 e. The average molecular weight is 289 g/mol. The molecule has 1 nitrogen and oxygen atoms in total. The third-order valence-corrected chi connectivity index (χ3v) is 4.03. The number of halogens is 1. The van der Waals surface area contributed by atoms with Crippen LogP contribution in [0.1, 0.15) is 26.7 Å². The van der Waals surface area contributed by atoms with Gasteiger partial charge in [-0.1, -0.05) is 19.9 Å². The fourth-order valence-electron chi connectivity index (χ4n) is 2.08. The summed E-state index contributed by atoms with van der Waals surface area (Å²) < 4.78 is 2.39. The van der Waals surface area contributed by atoms with Gasteiger partial charge >= 0.3 is 0 Å². The van der Waals surface area contributed by atoms with Crippen LogP contribution in [0.25, 0.3) is 0 Å². The Morgan fingerprint density at radius 1 is 1.54 bits per heavy atom. The van der Waals surface area contributed by atoms with E-state index in [1.165, 1.54) is 25.0 Å². The molecule has 2 rings (SSSR count). The minimum atomic E-state index is 0.679. The van der Waals surface area contributed by atoms with Gasteiger partial charge in [-0.25, -0.2) is 0 Å². The van der Waals surface area contributed by atoms with Crippen LogP contribution in [0.2, 0.25) is 0 Å². The summed E-state index contributed by atoms with van der Waals surface area (Å²) in [6, 6.07) is 0. The molecule has 1 fully saturated rings. The number of nitrogens with zero attached hydrogens (tertiary/aromatic N) is 1. The molecule has 1 atom stereocenters. The first kappa shape index (κ1) is 9.56. The second kappa shape index (κ2) is 3.64. The SMILES string of the molecule is CC(C)C1=CC[C@H]2CCN(I)C2=C1. The van der Waals surface area contributed by atoms with E-state index in [-0.39, 0.29) is 0 Å². The maximum absolute atomic E-state index is 2.44. The molecule has 72 valence electrons. The Kier molecular flexibility index (Phi) is 2.67. The van der Waals surface area contributed by atoms with Crippen molar-refractivity contribution in [1.82, 2.24) is 3.11 Å². The highest BCUT2D eigenvalue weighted by Crippen LogP contribution is 2.38. The Hall–Kier alpha value is 0.01000. The van der Waals surface area contributed by atoms with Crippen LogP contribution < -0.4 is 0 Å². The molecule has 0 radical (unpaired) electrons. The summed E-state index contributed by atoms with van der Waals surface area (Å²) in [5.74, 6) is 1.50. The molecule has 2 heteroatoms. The van der Waals surface area contributed by atoms with Gasteiger partial charge in [-0.05, 0) is 30.4 Å². The van der Waals surface area contributed by atoms with Crippen molar-refractivity contribution in [1.29, 1.82) is 0 Å². The van der Waals surface area contributed by atoms with Crippen LogP contribution in [0.4, 0.5) is 0 Å². The first-order valence-corrected chi connectivity index (χ1v) is 6.00. The molecule has 1 saturated heterocycles. The lowest BCUT2D eigenvalue weighted by molar-refractivity contribution is 0.621. The van der Waals surface area contributed by atoms with Gasteiger partial charge in [-0.2, -0.15) is 0 Å².